The summed E-state index contributed by atoms with van der Waals surface area (Å²) in [6, 6.07) is 14.6. The molecule has 17 heavy (non-hydrogen) atoms. The lowest BCUT2D eigenvalue weighted by molar-refractivity contribution is 1.31. The van der Waals surface area contributed by atoms with Crippen molar-refractivity contribution in [3.05, 3.63) is 59.2 Å². The molecule has 0 N–H and O–H groups in total. The van der Waals surface area contributed by atoms with Crippen LogP contribution in [-0.4, -0.2) is 0 Å². The third-order valence-corrected chi connectivity index (χ3v) is 3.27. The second kappa shape index (κ2) is 5.12. The van der Waals surface area contributed by atoms with Gasteiger partial charge in [-0.2, -0.15) is 0 Å². The van der Waals surface area contributed by atoms with Crippen LogP contribution in [0.25, 0.3) is 11.1 Å². The van der Waals surface area contributed by atoms with Gasteiger partial charge in [0.25, 0.3) is 0 Å². The van der Waals surface area contributed by atoms with E-state index in [2.05, 4.69) is 43.3 Å². The molecule has 88 valence electrons. The Labute approximate surface area is 112 Å². The Morgan fingerprint density at radius 3 is 2.00 bits per heavy atom. The lowest BCUT2D eigenvalue weighted by Crippen LogP contribution is -1.90. The highest BCUT2D eigenvalue weighted by Crippen LogP contribution is 2.34. The fourth-order valence-electron chi connectivity index (χ4n) is 1.86. The summed E-state index contributed by atoms with van der Waals surface area (Å²) in [4.78, 5) is -0.494. The van der Waals surface area contributed by atoms with Crippen molar-refractivity contribution in [1.82, 2.24) is 0 Å². The minimum absolute atomic E-state index is 0.494. The van der Waals surface area contributed by atoms with E-state index in [-0.39, 0.29) is 0 Å². The molecule has 0 heterocycles. The second-order valence-corrected chi connectivity index (χ2v) is 5.35. The van der Waals surface area contributed by atoms with Crippen LogP contribution in [0.1, 0.15) is 21.5 Å². The summed E-state index contributed by atoms with van der Waals surface area (Å²) in [5.74, 6) is 0. The summed E-state index contributed by atoms with van der Waals surface area (Å²) < 4.78 is 0. The standard InChI is InChI=1S/C15H14Cl2/c1-10-3-6-12(7-4-10)13-8-5-11(2)9-14(13)15(16)17/h3-9,15H,1-2H3. The molecule has 0 atom stereocenters. The van der Waals surface area contributed by atoms with Crippen LogP contribution in [-0.2, 0) is 0 Å². The third kappa shape index (κ3) is 2.83. The molecule has 2 rings (SSSR count). The predicted molar refractivity (Wildman–Crippen MR) is 75.8 cm³/mol. The van der Waals surface area contributed by atoms with E-state index in [1.54, 1.807) is 0 Å². The van der Waals surface area contributed by atoms with Crippen molar-refractivity contribution in [2.75, 3.05) is 0 Å². The number of alkyl halides is 2. The fraction of sp³-hybridized carbons (Fsp3) is 0.200. The molecule has 2 aromatic carbocycles. The Balaban J connectivity index is 2.54. The first-order valence-corrected chi connectivity index (χ1v) is 6.41. The summed E-state index contributed by atoms with van der Waals surface area (Å²) in [6.07, 6.45) is 0. The largest absolute Gasteiger partial charge is 0.133 e. The van der Waals surface area contributed by atoms with Gasteiger partial charge in [0, 0.05) is 0 Å². The van der Waals surface area contributed by atoms with Gasteiger partial charge in [0.2, 0.25) is 0 Å². The van der Waals surface area contributed by atoms with E-state index >= 15 is 0 Å². The van der Waals surface area contributed by atoms with Gasteiger partial charge in [-0.25, -0.2) is 0 Å². The first-order valence-electron chi connectivity index (χ1n) is 5.53. The van der Waals surface area contributed by atoms with E-state index in [4.69, 9.17) is 23.2 Å². The zero-order valence-electron chi connectivity index (χ0n) is 9.87. The maximum Gasteiger partial charge on any atom is 0.133 e. The van der Waals surface area contributed by atoms with Crippen LogP contribution in [0, 0.1) is 13.8 Å². The highest BCUT2D eigenvalue weighted by molar-refractivity contribution is 6.44. The summed E-state index contributed by atoms with van der Waals surface area (Å²) in [7, 11) is 0. The summed E-state index contributed by atoms with van der Waals surface area (Å²) in [5, 5.41) is 0. The quantitative estimate of drug-likeness (QED) is 0.633. The smallest absolute Gasteiger partial charge is 0.100 e. The maximum atomic E-state index is 6.03. The lowest BCUT2D eigenvalue weighted by atomic mass is 9.98. The van der Waals surface area contributed by atoms with Gasteiger partial charge >= 0.3 is 0 Å². The molecular weight excluding hydrogens is 251 g/mol. The minimum Gasteiger partial charge on any atom is -0.100 e. The molecule has 0 fully saturated rings. The number of hydrogen-bond donors (Lipinski definition) is 0. The van der Waals surface area contributed by atoms with Crippen molar-refractivity contribution in [2.45, 2.75) is 18.7 Å². The van der Waals surface area contributed by atoms with Gasteiger partial charge in [-0.1, -0.05) is 53.6 Å². The van der Waals surface area contributed by atoms with Gasteiger partial charge in [0.1, 0.15) is 4.84 Å². The molecule has 0 spiro atoms. The average Bonchev–Trinajstić information content (AvgIpc) is 2.30. The van der Waals surface area contributed by atoms with Crippen LogP contribution >= 0.6 is 23.2 Å². The number of aryl methyl sites for hydroxylation is 2. The van der Waals surface area contributed by atoms with Crippen molar-refractivity contribution < 1.29 is 0 Å². The Morgan fingerprint density at radius 1 is 0.824 bits per heavy atom. The normalized spacial score (nSPS) is 10.9. The van der Waals surface area contributed by atoms with Gasteiger partial charge in [-0.15, -0.1) is 23.2 Å². The van der Waals surface area contributed by atoms with E-state index < -0.39 is 4.84 Å². The Morgan fingerprint density at radius 2 is 1.41 bits per heavy atom. The Kier molecular flexibility index (Phi) is 3.76. The zero-order valence-corrected chi connectivity index (χ0v) is 11.4. The summed E-state index contributed by atoms with van der Waals surface area (Å²) in [6.45, 7) is 4.12. The molecule has 0 aliphatic rings. The molecule has 0 saturated carbocycles. The third-order valence-electron chi connectivity index (χ3n) is 2.80. The SMILES string of the molecule is Cc1ccc(-c2ccc(C)cc2C(Cl)Cl)cc1. The molecule has 2 aromatic rings. The number of benzene rings is 2. The molecule has 0 unspecified atom stereocenters. The van der Waals surface area contributed by atoms with Crippen molar-refractivity contribution >= 4 is 23.2 Å². The molecular formula is C15H14Cl2. The van der Waals surface area contributed by atoms with Crippen LogP contribution in [0.15, 0.2) is 42.5 Å². The van der Waals surface area contributed by atoms with Crippen molar-refractivity contribution in [1.29, 1.82) is 0 Å². The molecule has 0 bridgehead atoms. The first-order chi connectivity index (χ1) is 8.08. The van der Waals surface area contributed by atoms with Crippen molar-refractivity contribution in [3.63, 3.8) is 0 Å². The monoisotopic (exact) mass is 264 g/mol. The van der Waals surface area contributed by atoms with E-state index in [1.807, 2.05) is 13.0 Å². The van der Waals surface area contributed by atoms with Gasteiger partial charge in [0.15, 0.2) is 0 Å². The first kappa shape index (κ1) is 12.5. The van der Waals surface area contributed by atoms with Crippen molar-refractivity contribution in [3.8, 4) is 11.1 Å². The van der Waals surface area contributed by atoms with Gasteiger partial charge in [-0.3, -0.25) is 0 Å². The summed E-state index contributed by atoms with van der Waals surface area (Å²) in [5.41, 5.74) is 5.64. The zero-order chi connectivity index (χ0) is 12.4. The maximum absolute atomic E-state index is 6.03. The van der Waals surface area contributed by atoms with Gasteiger partial charge in [-0.05, 0) is 30.5 Å². The van der Waals surface area contributed by atoms with E-state index in [1.165, 1.54) is 11.1 Å². The van der Waals surface area contributed by atoms with Crippen LogP contribution in [0.3, 0.4) is 0 Å². The van der Waals surface area contributed by atoms with E-state index in [9.17, 15) is 0 Å². The second-order valence-electron chi connectivity index (χ2n) is 4.26. The molecule has 2 heteroatoms. The van der Waals surface area contributed by atoms with Crippen molar-refractivity contribution in [2.24, 2.45) is 0 Å². The van der Waals surface area contributed by atoms with Crippen LogP contribution in [0.5, 0.6) is 0 Å². The van der Waals surface area contributed by atoms with Gasteiger partial charge in [0.05, 0.1) is 0 Å². The molecule has 0 radical (unpaired) electrons. The van der Waals surface area contributed by atoms with Gasteiger partial charge < -0.3 is 0 Å². The number of rotatable bonds is 2. The highest BCUT2D eigenvalue weighted by atomic mass is 35.5. The van der Waals surface area contributed by atoms with E-state index in [0.717, 1.165) is 16.7 Å². The van der Waals surface area contributed by atoms with Crippen LogP contribution in [0.4, 0.5) is 0 Å². The number of halogens is 2. The minimum atomic E-state index is -0.494. The van der Waals surface area contributed by atoms with Crippen LogP contribution < -0.4 is 0 Å². The lowest BCUT2D eigenvalue weighted by Gasteiger charge is -2.12. The van der Waals surface area contributed by atoms with E-state index in [0.29, 0.717) is 0 Å². The average molecular weight is 265 g/mol. The Bertz CT molecular complexity index is 513. The highest BCUT2D eigenvalue weighted by Gasteiger charge is 2.11. The summed E-state index contributed by atoms with van der Waals surface area (Å²) >= 11 is 12.1. The fourth-order valence-corrected chi connectivity index (χ4v) is 2.22. The molecule has 0 saturated heterocycles. The molecule has 0 aromatic heterocycles. The number of hydrogen-bond acceptors (Lipinski definition) is 0. The van der Waals surface area contributed by atoms with Crippen LogP contribution in [0.2, 0.25) is 0 Å². The molecule has 0 aliphatic carbocycles. The Hall–Kier alpha value is -0.980. The molecule has 0 nitrogen and oxygen atoms in total. The predicted octanol–water partition coefficient (Wildman–Crippen LogP) is 5.45. The topological polar surface area (TPSA) is 0 Å². The molecule has 0 aliphatic heterocycles. The molecule has 0 amide bonds.